The third kappa shape index (κ3) is 4.73. The van der Waals surface area contributed by atoms with Gasteiger partial charge < -0.3 is 5.32 Å². The zero-order valence-electron chi connectivity index (χ0n) is 11.6. The fourth-order valence-corrected chi connectivity index (χ4v) is 2.25. The second-order valence-corrected chi connectivity index (χ2v) is 5.39. The predicted octanol–water partition coefficient (Wildman–Crippen LogP) is 3.27. The Balaban J connectivity index is 2.22. The van der Waals surface area contributed by atoms with E-state index in [1.165, 1.54) is 0 Å². The average Bonchev–Trinajstić information content (AvgIpc) is 2.49. The summed E-state index contributed by atoms with van der Waals surface area (Å²) in [7, 11) is 0. The molecule has 0 radical (unpaired) electrons. The van der Waals surface area contributed by atoms with Gasteiger partial charge in [-0.3, -0.25) is 9.78 Å². The molecule has 0 bridgehead atoms. The second kappa shape index (κ2) is 7.61. The Kier molecular flexibility index (Phi) is 5.53. The van der Waals surface area contributed by atoms with E-state index in [4.69, 9.17) is 0 Å². The summed E-state index contributed by atoms with van der Waals surface area (Å²) in [6.07, 6.45) is 2.38. The van der Waals surface area contributed by atoms with Crippen molar-refractivity contribution in [3.63, 3.8) is 0 Å². The molecule has 3 nitrogen and oxygen atoms in total. The van der Waals surface area contributed by atoms with E-state index in [9.17, 15) is 4.79 Å². The standard InChI is InChI=1S/C17H15BrN2O/c1-2-5-17(21)20-16(12-15-6-3-4-11-19-15)13-7-9-14(18)10-8-13/h3-4,6-11,16H,12H2,1H3,(H,20,21)/t16-/m0/s1. The molecule has 0 spiro atoms. The van der Waals surface area contributed by atoms with Gasteiger partial charge in [-0.15, -0.1) is 0 Å². The second-order valence-electron chi connectivity index (χ2n) is 4.48. The number of nitrogens with zero attached hydrogens (tertiary/aromatic N) is 1. The molecule has 0 aliphatic heterocycles. The largest absolute Gasteiger partial charge is 0.338 e. The van der Waals surface area contributed by atoms with Gasteiger partial charge in [-0.05, 0) is 42.7 Å². The van der Waals surface area contributed by atoms with Gasteiger partial charge in [-0.2, -0.15) is 0 Å². The summed E-state index contributed by atoms with van der Waals surface area (Å²) in [6.45, 7) is 1.65. The zero-order valence-corrected chi connectivity index (χ0v) is 13.2. The molecular formula is C17H15BrN2O. The lowest BCUT2D eigenvalue weighted by Crippen LogP contribution is -2.29. The fourth-order valence-electron chi connectivity index (χ4n) is 1.98. The first-order chi connectivity index (χ1) is 10.2. The fraction of sp³-hybridized carbons (Fsp3) is 0.176. The van der Waals surface area contributed by atoms with E-state index in [0.29, 0.717) is 6.42 Å². The quantitative estimate of drug-likeness (QED) is 0.866. The van der Waals surface area contributed by atoms with E-state index in [0.717, 1.165) is 15.7 Å². The summed E-state index contributed by atoms with van der Waals surface area (Å²) in [5.41, 5.74) is 1.95. The van der Waals surface area contributed by atoms with Crippen LogP contribution in [-0.2, 0) is 11.2 Å². The van der Waals surface area contributed by atoms with Gasteiger partial charge in [-0.25, -0.2) is 0 Å². The number of rotatable bonds is 4. The van der Waals surface area contributed by atoms with Crippen LogP contribution in [0.1, 0.15) is 24.2 Å². The van der Waals surface area contributed by atoms with E-state index >= 15 is 0 Å². The summed E-state index contributed by atoms with van der Waals surface area (Å²) in [5.74, 6) is 4.85. The molecule has 0 saturated carbocycles. The van der Waals surface area contributed by atoms with Gasteiger partial charge in [-0.1, -0.05) is 40.0 Å². The third-order valence-electron chi connectivity index (χ3n) is 2.96. The van der Waals surface area contributed by atoms with Crippen molar-refractivity contribution in [1.29, 1.82) is 0 Å². The maximum absolute atomic E-state index is 11.8. The monoisotopic (exact) mass is 342 g/mol. The Morgan fingerprint density at radius 2 is 2.05 bits per heavy atom. The first-order valence-electron chi connectivity index (χ1n) is 6.57. The number of amides is 1. The highest BCUT2D eigenvalue weighted by atomic mass is 79.9. The smallest absolute Gasteiger partial charge is 0.296 e. The summed E-state index contributed by atoms with van der Waals surface area (Å²) in [6, 6.07) is 13.5. The molecule has 1 N–H and O–H groups in total. The SMILES string of the molecule is CC#CC(=O)N[C@@H](Cc1ccccn1)c1ccc(Br)cc1. The van der Waals surface area contributed by atoms with E-state index in [1.54, 1.807) is 13.1 Å². The number of aromatic nitrogens is 1. The van der Waals surface area contributed by atoms with Crippen molar-refractivity contribution >= 4 is 21.8 Å². The molecule has 0 aliphatic carbocycles. The zero-order chi connectivity index (χ0) is 15.1. The number of hydrogen-bond acceptors (Lipinski definition) is 2. The van der Waals surface area contributed by atoms with Crippen molar-refractivity contribution in [3.05, 3.63) is 64.4 Å². The molecule has 1 atom stereocenters. The molecule has 1 aromatic carbocycles. The summed E-state index contributed by atoms with van der Waals surface area (Å²) in [5, 5.41) is 2.93. The van der Waals surface area contributed by atoms with Crippen molar-refractivity contribution in [3.8, 4) is 11.8 Å². The summed E-state index contributed by atoms with van der Waals surface area (Å²) < 4.78 is 1.00. The Hall–Kier alpha value is -2.12. The average molecular weight is 343 g/mol. The maximum atomic E-state index is 11.8. The van der Waals surface area contributed by atoms with Crippen LogP contribution in [0.15, 0.2) is 53.1 Å². The lowest BCUT2D eigenvalue weighted by molar-refractivity contribution is -0.116. The molecular weight excluding hydrogens is 328 g/mol. The minimum absolute atomic E-state index is 0.152. The minimum Gasteiger partial charge on any atom is -0.338 e. The van der Waals surface area contributed by atoms with Crippen molar-refractivity contribution < 1.29 is 4.79 Å². The summed E-state index contributed by atoms with van der Waals surface area (Å²) in [4.78, 5) is 16.1. The van der Waals surface area contributed by atoms with Crippen LogP contribution < -0.4 is 5.32 Å². The van der Waals surface area contributed by atoms with Crippen LogP contribution in [-0.4, -0.2) is 10.9 Å². The molecule has 1 aromatic heterocycles. The predicted molar refractivity (Wildman–Crippen MR) is 86.4 cm³/mol. The number of pyridine rings is 1. The van der Waals surface area contributed by atoms with Crippen LogP contribution >= 0.6 is 15.9 Å². The molecule has 0 saturated heterocycles. The van der Waals surface area contributed by atoms with Crippen LogP contribution in [0.3, 0.4) is 0 Å². The number of carbonyl (C=O) groups is 1. The normalized spacial score (nSPS) is 11.1. The number of halogens is 1. The minimum atomic E-state index is -0.277. The molecule has 1 heterocycles. The van der Waals surface area contributed by atoms with Crippen LogP contribution in [0.5, 0.6) is 0 Å². The highest BCUT2D eigenvalue weighted by molar-refractivity contribution is 9.10. The molecule has 1 amide bonds. The van der Waals surface area contributed by atoms with E-state index in [2.05, 4.69) is 38.1 Å². The molecule has 4 heteroatoms. The maximum Gasteiger partial charge on any atom is 0.296 e. The van der Waals surface area contributed by atoms with E-state index in [-0.39, 0.29) is 11.9 Å². The Morgan fingerprint density at radius 3 is 2.67 bits per heavy atom. The number of nitrogens with one attached hydrogen (secondary N) is 1. The number of carbonyl (C=O) groups excluding carboxylic acids is 1. The first kappa shape index (κ1) is 15.3. The summed E-state index contributed by atoms with van der Waals surface area (Å²) >= 11 is 3.42. The molecule has 2 aromatic rings. The van der Waals surface area contributed by atoms with Crippen LogP contribution in [0, 0.1) is 11.8 Å². The molecule has 106 valence electrons. The van der Waals surface area contributed by atoms with Gasteiger partial charge in [0, 0.05) is 22.8 Å². The first-order valence-corrected chi connectivity index (χ1v) is 7.37. The molecule has 0 aliphatic rings. The Labute approximate surface area is 132 Å². The third-order valence-corrected chi connectivity index (χ3v) is 3.48. The van der Waals surface area contributed by atoms with Crippen molar-refractivity contribution in [2.24, 2.45) is 0 Å². The molecule has 0 fully saturated rings. The van der Waals surface area contributed by atoms with Gasteiger partial charge in [0.05, 0.1) is 6.04 Å². The molecule has 21 heavy (non-hydrogen) atoms. The van der Waals surface area contributed by atoms with Crippen LogP contribution in [0.25, 0.3) is 0 Å². The Bertz CT molecular complexity index is 657. The van der Waals surface area contributed by atoms with Gasteiger partial charge in [0.1, 0.15) is 0 Å². The topological polar surface area (TPSA) is 42.0 Å². The lowest BCUT2D eigenvalue weighted by Gasteiger charge is -2.17. The van der Waals surface area contributed by atoms with Crippen molar-refractivity contribution in [2.45, 2.75) is 19.4 Å². The van der Waals surface area contributed by atoms with E-state index in [1.807, 2.05) is 42.5 Å². The lowest BCUT2D eigenvalue weighted by atomic mass is 10.0. The van der Waals surface area contributed by atoms with Gasteiger partial charge in [0.15, 0.2) is 0 Å². The molecule has 2 rings (SSSR count). The van der Waals surface area contributed by atoms with Crippen LogP contribution in [0.4, 0.5) is 0 Å². The van der Waals surface area contributed by atoms with Crippen molar-refractivity contribution in [2.75, 3.05) is 0 Å². The van der Waals surface area contributed by atoms with Crippen molar-refractivity contribution in [1.82, 2.24) is 10.3 Å². The van der Waals surface area contributed by atoms with Gasteiger partial charge >= 0.3 is 0 Å². The highest BCUT2D eigenvalue weighted by Gasteiger charge is 2.15. The van der Waals surface area contributed by atoms with E-state index < -0.39 is 0 Å². The highest BCUT2D eigenvalue weighted by Crippen LogP contribution is 2.20. The van der Waals surface area contributed by atoms with Gasteiger partial charge in [0.2, 0.25) is 0 Å². The molecule has 0 unspecified atom stereocenters. The van der Waals surface area contributed by atoms with Gasteiger partial charge in [0.25, 0.3) is 5.91 Å². The number of hydrogen-bond donors (Lipinski definition) is 1. The number of benzene rings is 1. The Morgan fingerprint density at radius 1 is 1.29 bits per heavy atom. The van der Waals surface area contributed by atoms with Crippen LogP contribution in [0.2, 0.25) is 0 Å².